The Balaban J connectivity index is 0.00000225. The number of anilines is 2. The first-order valence-corrected chi connectivity index (χ1v) is 9.31. The Kier molecular flexibility index (Phi) is 6.23. The Morgan fingerprint density at radius 1 is 1.29 bits per heavy atom. The average Bonchev–Trinajstić information content (AvgIpc) is 3.06. The summed E-state index contributed by atoms with van der Waals surface area (Å²) in [6.07, 6.45) is 0.962. The SMILES string of the molecule is Cl.O=C(Nc1ccc2c(c1F)CCNC2)C1CCN(c2cccc(Cl)c2)C1=O. The number of amides is 2. The third kappa shape index (κ3) is 3.85. The Morgan fingerprint density at radius 3 is 2.89 bits per heavy atom. The van der Waals surface area contributed by atoms with Crippen molar-refractivity contribution in [1.29, 1.82) is 0 Å². The number of carbonyl (C=O) groups is 2. The van der Waals surface area contributed by atoms with E-state index in [0.717, 1.165) is 5.56 Å². The van der Waals surface area contributed by atoms with Crippen molar-refractivity contribution in [2.24, 2.45) is 5.92 Å². The van der Waals surface area contributed by atoms with Gasteiger partial charge in [-0.3, -0.25) is 9.59 Å². The van der Waals surface area contributed by atoms with Crippen LogP contribution in [0.2, 0.25) is 5.02 Å². The molecule has 2 amide bonds. The molecule has 0 saturated carbocycles. The van der Waals surface area contributed by atoms with Crippen LogP contribution in [0.15, 0.2) is 36.4 Å². The molecule has 2 aliphatic heterocycles. The zero-order chi connectivity index (χ0) is 19.0. The van der Waals surface area contributed by atoms with E-state index < -0.39 is 17.6 Å². The maximum atomic E-state index is 14.7. The fourth-order valence-corrected chi connectivity index (χ4v) is 3.86. The molecule has 0 spiro atoms. The number of halogens is 3. The van der Waals surface area contributed by atoms with Crippen LogP contribution in [0.1, 0.15) is 17.5 Å². The van der Waals surface area contributed by atoms with Gasteiger partial charge in [0.15, 0.2) is 0 Å². The number of benzene rings is 2. The van der Waals surface area contributed by atoms with Gasteiger partial charge in [-0.25, -0.2) is 4.39 Å². The van der Waals surface area contributed by atoms with E-state index >= 15 is 0 Å². The lowest BCUT2D eigenvalue weighted by Crippen LogP contribution is -2.33. The molecule has 0 aliphatic carbocycles. The van der Waals surface area contributed by atoms with Gasteiger partial charge < -0.3 is 15.5 Å². The van der Waals surface area contributed by atoms with Crippen molar-refractivity contribution in [2.75, 3.05) is 23.3 Å². The predicted molar refractivity (Wildman–Crippen MR) is 110 cm³/mol. The standard InChI is InChI=1S/C20H19ClFN3O2.ClH/c21-13-2-1-3-14(10-13)25-9-7-16(20(25)27)19(26)24-17-5-4-12-11-23-8-6-15(12)18(17)22;/h1-5,10,16,23H,6-9,11H2,(H,24,26);1H. The smallest absolute Gasteiger partial charge is 0.239 e. The Labute approximate surface area is 173 Å². The van der Waals surface area contributed by atoms with E-state index in [9.17, 15) is 14.0 Å². The Morgan fingerprint density at radius 2 is 2.11 bits per heavy atom. The normalized spacial score (nSPS) is 18.4. The topological polar surface area (TPSA) is 61.4 Å². The number of rotatable bonds is 3. The van der Waals surface area contributed by atoms with Crippen LogP contribution in [0, 0.1) is 11.7 Å². The highest BCUT2D eigenvalue weighted by Crippen LogP contribution is 2.29. The molecular weight excluding hydrogens is 404 g/mol. The summed E-state index contributed by atoms with van der Waals surface area (Å²) in [5.41, 5.74) is 2.33. The number of carbonyl (C=O) groups excluding carboxylic acids is 2. The van der Waals surface area contributed by atoms with E-state index in [1.54, 1.807) is 35.2 Å². The molecule has 1 atom stereocenters. The second-order valence-electron chi connectivity index (χ2n) is 6.79. The van der Waals surface area contributed by atoms with Crippen molar-refractivity contribution in [3.63, 3.8) is 0 Å². The van der Waals surface area contributed by atoms with Gasteiger partial charge in [-0.2, -0.15) is 0 Å². The summed E-state index contributed by atoms with van der Waals surface area (Å²) in [5.74, 6) is -2.00. The van der Waals surface area contributed by atoms with Crippen LogP contribution < -0.4 is 15.5 Å². The van der Waals surface area contributed by atoms with Crippen molar-refractivity contribution in [3.05, 3.63) is 58.4 Å². The number of hydrogen-bond acceptors (Lipinski definition) is 3. The van der Waals surface area contributed by atoms with Crippen LogP contribution in [0.4, 0.5) is 15.8 Å². The van der Waals surface area contributed by atoms with Crippen LogP contribution in [0.5, 0.6) is 0 Å². The fourth-order valence-electron chi connectivity index (χ4n) is 3.67. The zero-order valence-corrected chi connectivity index (χ0v) is 16.6. The molecule has 8 heteroatoms. The monoisotopic (exact) mass is 423 g/mol. The summed E-state index contributed by atoms with van der Waals surface area (Å²) < 4.78 is 14.7. The molecule has 4 rings (SSSR count). The molecule has 2 heterocycles. The summed E-state index contributed by atoms with van der Waals surface area (Å²) in [6, 6.07) is 10.3. The third-order valence-corrected chi connectivity index (χ3v) is 5.34. The molecule has 1 fully saturated rings. The van der Waals surface area contributed by atoms with Crippen LogP contribution in [0.25, 0.3) is 0 Å². The first kappa shape index (κ1) is 20.6. The zero-order valence-electron chi connectivity index (χ0n) is 15.0. The average molecular weight is 424 g/mol. The first-order valence-electron chi connectivity index (χ1n) is 8.93. The van der Waals surface area contributed by atoms with E-state index in [1.165, 1.54) is 0 Å². The maximum Gasteiger partial charge on any atom is 0.239 e. The van der Waals surface area contributed by atoms with Crippen molar-refractivity contribution in [3.8, 4) is 0 Å². The van der Waals surface area contributed by atoms with Crippen LogP contribution in [0.3, 0.4) is 0 Å². The molecule has 1 saturated heterocycles. The highest BCUT2D eigenvalue weighted by molar-refractivity contribution is 6.31. The first-order chi connectivity index (χ1) is 13.0. The molecule has 2 N–H and O–H groups in total. The van der Waals surface area contributed by atoms with E-state index in [2.05, 4.69) is 10.6 Å². The Hall–Kier alpha value is -2.15. The minimum absolute atomic E-state index is 0. The molecule has 0 radical (unpaired) electrons. The summed E-state index contributed by atoms with van der Waals surface area (Å²) in [6.45, 7) is 1.75. The van der Waals surface area contributed by atoms with Crippen molar-refractivity contribution in [1.82, 2.24) is 5.32 Å². The van der Waals surface area contributed by atoms with E-state index in [4.69, 9.17) is 11.6 Å². The molecule has 2 aliphatic rings. The van der Waals surface area contributed by atoms with E-state index in [1.807, 2.05) is 6.07 Å². The molecular formula is C20H20Cl2FN3O2. The lowest BCUT2D eigenvalue weighted by molar-refractivity contribution is -0.129. The van der Waals surface area contributed by atoms with Gasteiger partial charge in [0.1, 0.15) is 11.7 Å². The van der Waals surface area contributed by atoms with Crippen molar-refractivity contribution in [2.45, 2.75) is 19.4 Å². The van der Waals surface area contributed by atoms with Crippen LogP contribution >= 0.6 is 24.0 Å². The molecule has 0 aromatic heterocycles. The molecule has 2 aromatic carbocycles. The van der Waals surface area contributed by atoms with Gasteiger partial charge in [0.2, 0.25) is 11.8 Å². The van der Waals surface area contributed by atoms with Gasteiger partial charge in [-0.05, 0) is 54.8 Å². The third-order valence-electron chi connectivity index (χ3n) is 5.11. The van der Waals surface area contributed by atoms with Gasteiger partial charge in [0.05, 0.1) is 5.69 Å². The lowest BCUT2D eigenvalue weighted by atomic mass is 9.99. The van der Waals surface area contributed by atoms with Crippen molar-refractivity contribution < 1.29 is 14.0 Å². The lowest BCUT2D eigenvalue weighted by Gasteiger charge is -2.20. The van der Waals surface area contributed by atoms with Crippen molar-refractivity contribution >= 4 is 47.2 Å². The molecule has 5 nitrogen and oxygen atoms in total. The number of hydrogen-bond donors (Lipinski definition) is 2. The summed E-state index contributed by atoms with van der Waals surface area (Å²) in [5, 5.41) is 6.32. The number of nitrogens with zero attached hydrogens (tertiary/aromatic N) is 1. The highest BCUT2D eigenvalue weighted by Gasteiger charge is 2.38. The quantitative estimate of drug-likeness (QED) is 0.742. The minimum atomic E-state index is -0.832. The summed E-state index contributed by atoms with van der Waals surface area (Å²) in [4.78, 5) is 26.9. The highest BCUT2D eigenvalue weighted by atomic mass is 35.5. The molecule has 28 heavy (non-hydrogen) atoms. The summed E-state index contributed by atoms with van der Waals surface area (Å²) >= 11 is 5.99. The van der Waals surface area contributed by atoms with E-state index in [0.29, 0.717) is 48.7 Å². The van der Waals surface area contributed by atoms with Gasteiger partial charge >= 0.3 is 0 Å². The van der Waals surface area contributed by atoms with Crippen LogP contribution in [-0.4, -0.2) is 24.9 Å². The van der Waals surface area contributed by atoms with Gasteiger partial charge in [0, 0.05) is 23.8 Å². The second kappa shape index (κ2) is 8.47. The van der Waals surface area contributed by atoms with Gasteiger partial charge in [-0.1, -0.05) is 23.7 Å². The minimum Gasteiger partial charge on any atom is -0.323 e. The molecule has 2 aromatic rings. The second-order valence-corrected chi connectivity index (χ2v) is 7.23. The largest absolute Gasteiger partial charge is 0.323 e. The maximum absolute atomic E-state index is 14.7. The number of nitrogens with one attached hydrogen (secondary N) is 2. The van der Waals surface area contributed by atoms with Crippen LogP contribution in [-0.2, 0) is 22.6 Å². The molecule has 148 valence electrons. The Bertz CT molecular complexity index is 922. The molecule has 0 bridgehead atoms. The summed E-state index contributed by atoms with van der Waals surface area (Å²) in [7, 11) is 0. The van der Waals surface area contributed by atoms with Gasteiger partial charge in [0.25, 0.3) is 0 Å². The van der Waals surface area contributed by atoms with Gasteiger partial charge in [-0.15, -0.1) is 12.4 Å². The fraction of sp³-hybridized carbons (Fsp3) is 0.300. The predicted octanol–water partition coefficient (Wildman–Crippen LogP) is 3.54. The molecule has 1 unspecified atom stereocenters. The number of fused-ring (bicyclic) bond motifs is 1. The van der Waals surface area contributed by atoms with E-state index in [-0.39, 0.29) is 24.0 Å².